The number of rotatable bonds is 2. The minimum atomic E-state index is -3.64. The minimum absolute atomic E-state index is 0.0896. The molecule has 0 saturated heterocycles. The zero-order chi connectivity index (χ0) is 15.0. The van der Waals surface area contributed by atoms with Gasteiger partial charge in [-0.1, -0.05) is 30.3 Å². The van der Waals surface area contributed by atoms with Crippen LogP contribution in [0, 0.1) is 0 Å². The van der Waals surface area contributed by atoms with Crippen molar-refractivity contribution in [2.75, 3.05) is 5.32 Å². The van der Waals surface area contributed by atoms with Crippen LogP contribution in [-0.4, -0.2) is 20.4 Å². The van der Waals surface area contributed by atoms with Crippen LogP contribution in [0.3, 0.4) is 0 Å². The van der Waals surface area contributed by atoms with E-state index in [1.165, 1.54) is 11.3 Å². The number of fused-ring (bicyclic) bond motifs is 1. The number of anilines is 1. The van der Waals surface area contributed by atoms with Crippen LogP contribution in [0.15, 0.2) is 44.3 Å². The molecule has 1 aliphatic heterocycles. The van der Waals surface area contributed by atoms with Gasteiger partial charge in [0, 0.05) is 17.0 Å². The number of thiophene rings is 1. The number of nitrogens with zero attached hydrogens (tertiary/aromatic N) is 1. The van der Waals surface area contributed by atoms with Crippen LogP contribution in [0.2, 0.25) is 0 Å². The molecule has 110 valence electrons. The molecule has 0 bridgehead atoms. The third-order valence-corrected chi connectivity index (χ3v) is 5.74. The topological polar surface area (TPSA) is 70.6 Å². The number of sulfonamides is 1. The Kier molecular flexibility index (Phi) is 3.46. The van der Waals surface area contributed by atoms with Crippen LogP contribution in [-0.2, 0) is 10.0 Å². The highest BCUT2D eigenvalue weighted by Gasteiger charge is 2.29. The maximum atomic E-state index is 12.3. The number of nitrogens with one attached hydrogen (secondary N) is 2. The summed E-state index contributed by atoms with van der Waals surface area (Å²) >= 11 is 1.19. The molecular formula is C14H15N3O2S2. The molecule has 3 rings (SSSR count). The lowest BCUT2D eigenvalue weighted by Crippen LogP contribution is -2.38. The molecule has 21 heavy (non-hydrogen) atoms. The Bertz CT molecular complexity index is 793. The highest BCUT2D eigenvalue weighted by atomic mass is 32.2. The van der Waals surface area contributed by atoms with Crippen molar-refractivity contribution < 1.29 is 8.42 Å². The van der Waals surface area contributed by atoms with Gasteiger partial charge in [0.25, 0.3) is 10.0 Å². The van der Waals surface area contributed by atoms with Gasteiger partial charge in [0.05, 0.1) is 5.69 Å². The summed E-state index contributed by atoms with van der Waals surface area (Å²) in [5.41, 5.74) is 2.45. The second-order valence-electron chi connectivity index (χ2n) is 5.02. The summed E-state index contributed by atoms with van der Waals surface area (Å²) in [5.74, 6) is 0.271. The van der Waals surface area contributed by atoms with Gasteiger partial charge in [-0.25, -0.2) is 0 Å². The van der Waals surface area contributed by atoms with E-state index in [-0.39, 0.29) is 16.2 Å². The molecule has 1 aliphatic rings. The van der Waals surface area contributed by atoms with Gasteiger partial charge in [0.1, 0.15) is 0 Å². The smallest absolute Gasteiger partial charge is 0.297 e. The van der Waals surface area contributed by atoms with E-state index >= 15 is 0 Å². The highest BCUT2D eigenvalue weighted by molar-refractivity contribution is 7.92. The van der Waals surface area contributed by atoms with Gasteiger partial charge in [0.2, 0.25) is 5.96 Å². The van der Waals surface area contributed by atoms with Crippen molar-refractivity contribution in [1.82, 2.24) is 5.32 Å². The van der Waals surface area contributed by atoms with Crippen LogP contribution in [0.4, 0.5) is 5.69 Å². The van der Waals surface area contributed by atoms with Crippen LogP contribution in [0.25, 0.3) is 11.1 Å². The van der Waals surface area contributed by atoms with Gasteiger partial charge in [-0.3, -0.25) is 0 Å². The first-order valence-electron chi connectivity index (χ1n) is 6.53. The molecule has 2 heterocycles. The molecule has 0 radical (unpaired) electrons. The first-order valence-corrected chi connectivity index (χ1v) is 8.85. The molecule has 0 spiro atoms. The van der Waals surface area contributed by atoms with Crippen molar-refractivity contribution >= 4 is 33.0 Å². The molecule has 2 aromatic rings. The van der Waals surface area contributed by atoms with Gasteiger partial charge in [-0.15, -0.1) is 15.7 Å². The molecule has 0 aliphatic carbocycles. The second-order valence-corrected chi connectivity index (χ2v) is 7.70. The van der Waals surface area contributed by atoms with Crippen LogP contribution >= 0.6 is 11.3 Å². The maximum absolute atomic E-state index is 12.3. The standard InChI is InChI=1S/C14H15N3O2S2/c1-9(2)15-14-16-12-11(10-6-4-3-5-7-10)8-20-13(12)21(18,19)17-14/h3-9H,1-2H3,(H2,15,16,17). The van der Waals surface area contributed by atoms with E-state index in [9.17, 15) is 8.42 Å². The predicted octanol–water partition coefficient (Wildman–Crippen LogP) is 2.88. The van der Waals surface area contributed by atoms with E-state index in [2.05, 4.69) is 15.0 Å². The minimum Gasteiger partial charge on any atom is -0.353 e. The molecule has 0 saturated carbocycles. The summed E-state index contributed by atoms with van der Waals surface area (Å²) in [6.45, 7) is 3.86. The fourth-order valence-corrected chi connectivity index (χ4v) is 4.46. The molecular weight excluding hydrogens is 306 g/mol. The number of hydrogen-bond acceptors (Lipinski definition) is 5. The Labute approximate surface area is 127 Å². The maximum Gasteiger partial charge on any atom is 0.297 e. The van der Waals surface area contributed by atoms with E-state index in [1.807, 2.05) is 49.6 Å². The Morgan fingerprint density at radius 2 is 1.95 bits per heavy atom. The average Bonchev–Trinajstić information content (AvgIpc) is 2.83. The van der Waals surface area contributed by atoms with Crippen molar-refractivity contribution in [3.63, 3.8) is 0 Å². The first kappa shape index (κ1) is 14.1. The van der Waals surface area contributed by atoms with Gasteiger partial charge < -0.3 is 10.6 Å². The number of hydrogen-bond donors (Lipinski definition) is 2. The van der Waals surface area contributed by atoms with Crippen molar-refractivity contribution in [3.8, 4) is 11.1 Å². The average molecular weight is 321 g/mol. The number of benzene rings is 1. The fraction of sp³-hybridized carbons (Fsp3) is 0.214. The zero-order valence-electron chi connectivity index (χ0n) is 11.6. The normalized spacial score (nSPS) is 16.0. The van der Waals surface area contributed by atoms with E-state index in [0.29, 0.717) is 5.69 Å². The molecule has 2 N–H and O–H groups in total. The Balaban J connectivity index is 2.09. The summed E-state index contributed by atoms with van der Waals surface area (Å²) in [5, 5.41) is 7.96. The quantitative estimate of drug-likeness (QED) is 0.892. The molecule has 0 fully saturated rings. The fourth-order valence-electron chi connectivity index (χ4n) is 2.12. The number of guanidine groups is 1. The lowest BCUT2D eigenvalue weighted by Gasteiger charge is -2.19. The van der Waals surface area contributed by atoms with Crippen molar-refractivity contribution in [2.45, 2.75) is 24.1 Å². The summed E-state index contributed by atoms with van der Waals surface area (Å²) in [4.78, 5) is 0. The summed E-state index contributed by atoms with van der Waals surface area (Å²) in [7, 11) is -3.64. The largest absolute Gasteiger partial charge is 0.353 e. The van der Waals surface area contributed by atoms with Crippen molar-refractivity contribution in [2.24, 2.45) is 4.40 Å². The molecule has 0 atom stereocenters. The van der Waals surface area contributed by atoms with Crippen LogP contribution < -0.4 is 10.6 Å². The molecule has 1 aromatic carbocycles. The summed E-state index contributed by atoms with van der Waals surface area (Å²) in [6.07, 6.45) is 0. The predicted molar refractivity (Wildman–Crippen MR) is 86.3 cm³/mol. The zero-order valence-corrected chi connectivity index (χ0v) is 13.3. The van der Waals surface area contributed by atoms with Gasteiger partial charge in [-0.05, 0) is 19.4 Å². The molecule has 0 amide bonds. The lowest BCUT2D eigenvalue weighted by atomic mass is 10.1. The Hall–Kier alpha value is -1.86. The van der Waals surface area contributed by atoms with Crippen LogP contribution in [0.5, 0.6) is 0 Å². The van der Waals surface area contributed by atoms with E-state index < -0.39 is 10.0 Å². The summed E-state index contributed by atoms with van der Waals surface area (Å²) in [6, 6.07) is 9.79. The molecule has 7 heteroatoms. The highest BCUT2D eigenvalue weighted by Crippen LogP contribution is 2.41. The Morgan fingerprint density at radius 1 is 1.24 bits per heavy atom. The monoisotopic (exact) mass is 321 g/mol. The third kappa shape index (κ3) is 2.66. The third-order valence-electron chi connectivity index (χ3n) is 2.96. The first-order chi connectivity index (χ1) is 9.97. The van der Waals surface area contributed by atoms with E-state index in [4.69, 9.17) is 0 Å². The van der Waals surface area contributed by atoms with E-state index in [0.717, 1.165) is 11.1 Å². The van der Waals surface area contributed by atoms with Gasteiger partial charge in [-0.2, -0.15) is 8.42 Å². The lowest BCUT2D eigenvalue weighted by molar-refractivity contribution is 0.599. The van der Waals surface area contributed by atoms with Crippen molar-refractivity contribution in [1.29, 1.82) is 0 Å². The molecule has 0 unspecified atom stereocenters. The Morgan fingerprint density at radius 3 is 2.62 bits per heavy atom. The second kappa shape index (κ2) is 5.16. The van der Waals surface area contributed by atoms with E-state index in [1.54, 1.807) is 0 Å². The SMILES string of the molecule is CC(C)NC1=NS(=O)(=O)c2scc(-c3ccccc3)c2N1. The van der Waals surface area contributed by atoms with Crippen molar-refractivity contribution in [3.05, 3.63) is 35.7 Å². The van der Waals surface area contributed by atoms with Gasteiger partial charge in [0.15, 0.2) is 4.21 Å². The summed E-state index contributed by atoms with van der Waals surface area (Å²) < 4.78 is 28.5. The molecule has 5 nitrogen and oxygen atoms in total. The molecule has 1 aromatic heterocycles. The van der Waals surface area contributed by atoms with Crippen LogP contribution in [0.1, 0.15) is 13.8 Å². The van der Waals surface area contributed by atoms with Gasteiger partial charge >= 0.3 is 0 Å².